The molecule has 0 aliphatic heterocycles. The number of non-ortho nitro benzene ring substituents is 1. The Bertz CT molecular complexity index is 852. The van der Waals surface area contributed by atoms with E-state index in [1.807, 2.05) is 0 Å². The number of anilines is 1. The molecule has 0 radical (unpaired) electrons. The summed E-state index contributed by atoms with van der Waals surface area (Å²) in [7, 11) is 3.41. The predicted octanol–water partition coefficient (Wildman–Crippen LogP) is 3.53. The Morgan fingerprint density at radius 1 is 1.18 bits per heavy atom. The molecule has 7 nitrogen and oxygen atoms in total. The highest BCUT2D eigenvalue weighted by atomic mass is 19.4. The van der Waals surface area contributed by atoms with E-state index < -0.39 is 23.6 Å². The van der Waals surface area contributed by atoms with E-state index in [4.69, 9.17) is 0 Å². The van der Waals surface area contributed by atoms with Crippen LogP contribution in [0.15, 0.2) is 42.5 Å². The fraction of sp³-hybridized carbons (Fsp3) is 0.278. The molecule has 2 rings (SSSR count). The highest BCUT2D eigenvalue weighted by molar-refractivity contribution is 6.00. The molecule has 2 aromatic carbocycles. The SMILES string of the molecule is CN(C)c1ccc([N+](=O)[O-])cc1C(=O)NCc1ccc(OCC(F)(F)F)cc1. The second kappa shape index (κ2) is 8.59. The molecule has 0 saturated carbocycles. The average Bonchev–Trinajstić information content (AvgIpc) is 2.64. The zero-order valence-electron chi connectivity index (χ0n) is 15.1. The molecule has 0 saturated heterocycles. The molecular weight excluding hydrogens is 379 g/mol. The molecule has 2 aromatic rings. The van der Waals surface area contributed by atoms with Gasteiger partial charge < -0.3 is 15.0 Å². The van der Waals surface area contributed by atoms with Crippen LogP contribution in [0.4, 0.5) is 24.5 Å². The van der Waals surface area contributed by atoms with Crippen molar-refractivity contribution in [1.29, 1.82) is 0 Å². The molecule has 10 heteroatoms. The van der Waals surface area contributed by atoms with E-state index in [1.54, 1.807) is 19.0 Å². The van der Waals surface area contributed by atoms with E-state index in [9.17, 15) is 28.1 Å². The summed E-state index contributed by atoms with van der Waals surface area (Å²) in [5.74, 6) is -0.453. The Morgan fingerprint density at radius 3 is 2.36 bits per heavy atom. The number of carbonyl (C=O) groups excluding carboxylic acids is 1. The number of amides is 1. The molecule has 1 amide bonds. The number of rotatable bonds is 7. The second-order valence-corrected chi connectivity index (χ2v) is 6.08. The second-order valence-electron chi connectivity index (χ2n) is 6.08. The Hall–Kier alpha value is -3.30. The first-order chi connectivity index (χ1) is 13.1. The number of ether oxygens (including phenoxy) is 1. The maximum Gasteiger partial charge on any atom is 0.422 e. The van der Waals surface area contributed by atoms with Gasteiger partial charge in [0, 0.05) is 38.5 Å². The molecule has 0 spiro atoms. The molecule has 0 heterocycles. The van der Waals surface area contributed by atoms with Gasteiger partial charge in [-0.05, 0) is 23.8 Å². The number of carbonyl (C=O) groups is 1. The molecule has 28 heavy (non-hydrogen) atoms. The lowest BCUT2D eigenvalue weighted by Gasteiger charge is -2.17. The number of nitrogens with one attached hydrogen (secondary N) is 1. The monoisotopic (exact) mass is 397 g/mol. The Balaban J connectivity index is 2.05. The Labute approximate surface area is 158 Å². The summed E-state index contributed by atoms with van der Waals surface area (Å²) >= 11 is 0. The molecule has 0 aliphatic carbocycles. The maximum absolute atomic E-state index is 12.5. The summed E-state index contributed by atoms with van der Waals surface area (Å²) in [4.78, 5) is 24.5. The molecule has 0 unspecified atom stereocenters. The minimum absolute atomic E-state index is 0.0565. The number of alkyl halides is 3. The lowest BCUT2D eigenvalue weighted by Crippen LogP contribution is -2.25. The number of hydrogen-bond donors (Lipinski definition) is 1. The normalized spacial score (nSPS) is 11.0. The van der Waals surface area contributed by atoms with Gasteiger partial charge in [0.2, 0.25) is 0 Å². The maximum atomic E-state index is 12.5. The van der Waals surface area contributed by atoms with Crippen molar-refractivity contribution >= 4 is 17.3 Å². The third-order valence-corrected chi connectivity index (χ3v) is 3.70. The van der Waals surface area contributed by atoms with Crippen molar-refractivity contribution in [2.45, 2.75) is 12.7 Å². The largest absolute Gasteiger partial charge is 0.484 e. The number of nitro groups is 1. The van der Waals surface area contributed by atoms with Crippen molar-refractivity contribution < 1.29 is 27.6 Å². The van der Waals surface area contributed by atoms with Gasteiger partial charge in [-0.25, -0.2) is 0 Å². The summed E-state index contributed by atoms with van der Waals surface area (Å²) in [6.07, 6.45) is -4.42. The van der Waals surface area contributed by atoms with Gasteiger partial charge in [0.15, 0.2) is 6.61 Å². The molecule has 0 aromatic heterocycles. The van der Waals surface area contributed by atoms with E-state index in [1.165, 1.54) is 42.5 Å². The molecule has 0 atom stereocenters. The minimum atomic E-state index is -4.42. The van der Waals surface area contributed by atoms with E-state index in [0.717, 1.165) is 0 Å². The Kier molecular flexibility index (Phi) is 6.45. The topological polar surface area (TPSA) is 84.7 Å². The highest BCUT2D eigenvalue weighted by Gasteiger charge is 2.28. The van der Waals surface area contributed by atoms with Crippen molar-refractivity contribution in [3.05, 3.63) is 63.7 Å². The van der Waals surface area contributed by atoms with Crippen molar-refractivity contribution in [2.24, 2.45) is 0 Å². The van der Waals surface area contributed by atoms with E-state index in [2.05, 4.69) is 10.1 Å². The molecule has 1 N–H and O–H groups in total. The van der Waals surface area contributed by atoms with Gasteiger partial charge in [-0.3, -0.25) is 14.9 Å². The summed E-state index contributed by atoms with van der Waals surface area (Å²) in [5, 5.41) is 13.6. The van der Waals surface area contributed by atoms with E-state index in [0.29, 0.717) is 11.3 Å². The highest BCUT2D eigenvalue weighted by Crippen LogP contribution is 2.24. The van der Waals surface area contributed by atoms with Gasteiger partial charge in [-0.1, -0.05) is 12.1 Å². The van der Waals surface area contributed by atoms with Gasteiger partial charge in [0.25, 0.3) is 11.6 Å². The number of nitrogens with zero attached hydrogens (tertiary/aromatic N) is 2. The third-order valence-electron chi connectivity index (χ3n) is 3.70. The lowest BCUT2D eigenvalue weighted by molar-refractivity contribution is -0.384. The van der Waals surface area contributed by atoms with Gasteiger partial charge >= 0.3 is 6.18 Å². The first kappa shape index (κ1) is 21.0. The van der Waals surface area contributed by atoms with Gasteiger partial charge in [-0.15, -0.1) is 0 Å². The number of nitro benzene ring substituents is 1. The first-order valence-electron chi connectivity index (χ1n) is 8.09. The lowest BCUT2D eigenvalue weighted by atomic mass is 10.1. The molecule has 150 valence electrons. The minimum Gasteiger partial charge on any atom is -0.484 e. The van der Waals surface area contributed by atoms with Crippen LogP contribution in [0.3, 0.4) is 0 Å². The van der Waals surface area contributed by atoms with Crippen LogP contribution in [0.1, 0.15) is 15.9 Å². The fourth-order valence-corrected chi connectivity index (χ4v) is 2.36. The first-order valence-corrected chi connectivity index (χ1v) is 8.09. The number of halogens is 3. The van der Waals surface area contributed by atoms with Crippen LogP contribution in [0.25, 0.3) is 0 Å². The summed E-state index contributed by atoms with van der Waals surface area (Å²) in [6.45, 7) is -1.29. The standard InChI is InChI=1S/C18H18F3N3O4/c1-23(2)16-8-5-13(24(26)27)9-15(16)17(25)22-10-12-3-6-14(7-4-12)28-11-18(19,20)21/h3-9H,10-11H2,1-2H3,(H,22,25). The molecule has 0 bridgehead atoms. The predicted molar refractivity (Wildman–Crippen MR) is 96.6 cm³/mol. The Morgan fingerprint density at radius 2 is 1.82 bits per heavy atom. The van der Waals surface area contributed by atoms with E-state index in [-0.39, 0.29) is 23.5 Å². The smallest absolute Gasteiger partial charge is 0.422 e. The summed E-state index contributed by atoms with van der Waals surface area (Å²) in [6, 6.07) is 9.76. The van der Waals surface area contributed by atoms with Gasteiger partial charge in [0.05, 0.1) is 10.5 Å². The van der Waals surface area contributed by atoms with Crippen molar-refractivity contribution in [2.75, 3.05) is 25.6 Å². The fourth-order valence-electron chi connectivity index (χ4n) is 2.36. The third kappa shape index (κ3) is 5.86. The van der Waals surface area contributed by atoms with Crippen LogP contribution in [-0.4, -0.2) is 37.7 Å². The number of benzene rings is 2. The zero-order chi connectivity index (χ0) is 20.9. The van der Waals surface area contributed by atoms with Gasteiger partial charge in [-0.2, -0.15) is 13.2 Å². The van der Waals surface area contributed by atoms with Crippen molar-refractivity contribution in [3.8, 4) is 5.75 Å². The number of hydrogen-bond acceptors (Lipinski definition) is 5. The van der Waals surface area contributed by atoms with Crippen LogP contribution in [0.2, 0.25) is 0 Å². The van der Waals surface area contributed by atoms with Crippen LogP contribution in [0, 0.1) is 10.1 Å². The van der Waals surface area contributed by atoms with Crippen molar-refractivity contribution in [1.82, 2.24) is 5.32 Å². The molecule has 0 fully saturated rings. The quantitative estimate of drug-likeness (QED) is 0.571. The van der Waals surface area contributed by atoms with Crippen LogP contribution in [0.5, 0.6) is 5.75 Å². The van der Waals surface area contributed by atoms with Gasteiger partial charge in [0.1, 0.15) is 5.75 Å². The summed E-state index contributed by atoms with van der Waals surface area (Å²) in [5.41, 5.74) is 1.08. The van der Waals surface area contributed by atoms with Crippen LogP contribution >= 0.6 is 0 Å². The zero-order valence-corrected chi connectivity index (χ0v) is 15.1. The van der Waals surface area contributed by atoms with Crippen LogP contribution in [-0.2, 0) is 6.54 Å². The average molecular weight is 397 g/mol. The summed E-state index contributed by atoms with van der Waals surface area (Å²) < 4.78 is 41.0. The van der Waals surface area contributed by atoms with Crippen molar-refractivity contribution in [3.63, 3.8) is 0 Å². The van der Waals surface area contributed by atoms with Crippen LogP contribution < -0.4 is 15.0 Å². The molecular formula is C18H18F3N3O4. The van der Waals surface area contributed by atoms with E-state index >= 15 is 0 Å². The molecule has 0 aliphatic rings.